The van der Waals surface area contributed by atoms with E-state index in [0.717, 1.165) is 16.6 Å². The van der Waals surface area contributed by atoms with Gasteiger partial charge in [-0.05, 0) is 24.4 Å². The molecule has 1 aromatic carbocycles. The van der Waals surface area contributed by atoms with Gasteiger partial charge in [-0.1, -0.05) is 18.2 Å². The first-order valence-electron chi connectivity index (χ1n) is 6.91. The van der Waals surface area contributed by atoms with E-state index in [1.165, 1.54) is 0 Å². The highest BCUT2D eigenvalue weighted by molar-refractivity contribution is 5.87. The van der Waals surface area contributed by atoms with Crippen LogP contribution in [0.25, 0.3) is 10.9 Å². The number of para-hydroxylation sites is 1. The molecule has 0 aliphatic heterocycles. The van der Waals surface area contributed by atoms with E-state index in [0.29, 0.717) is 0 Å². The zero-order valence-electron chi connectivity index (χ0n) is 12.4. The average Bonchev–Trinajstić information content (AvgIpc) is 2.78. The van der Waals surface area contributed by atoms with Gasteiger partial charge in [-0.15, -0.1) is 0 Å². The second-order valence-electron chi connectivity index (χ2n) is 5.10. The summed E-state index contributed by atoms with van der Waals surface area (Å²) < 4.78 is 37.6. The predicted molar refractivity (Wildman–Crippen MR) is 78.7 cm³/mol. The van der Waals surface area contributed by atoms with Gasteiger partial charge in [-0.25, -0.2) is 0 Å². The van der Waals surface area contributed by atoms with Crippen LogP contribution in [0.5, 0.6) is 0 Å². The molecule has 0 saturated heterocycles. The second-order valence-corrected chi connectivity index (χ2v) is 5.10. The van der Waals surface area contributed by atoms with Gasteiger partial charge in [0.25, 0.3) is 0 Å². The van der Waals surface area contributed by atoms with E-state index in [9.17, 15) is 22.8 Å². The maximum atomic E-state index is 12.0. The number of nitrogens with zero attached hydrogens (tertiary/aromatic N) is 1. The Morgan fingerprint density at radius 1 is 1.13 bits per heavy atom. The summed E-state index contributed by atoms with van der Waals surface area (Å²) in [6.45, 7) is -0.0641. The lowest BCUT2D eigenvalue weighted by Gasteiger charge is -2.11. The third-order valence-corrected chi connectivity index (χ3v) is 3.25. The van der Waals surface area contributed by atoms with Gasteiger partial charge < -0.3 is 15.2 Å². The Morgan fingerprint density at radius 2 is 1.83 bits per heavy atom. The minimum atomic E-state index is -4.47. The van der Waals surface area contributed by atoms with Crippen molar-refractivity contribution in [2.24, 2.45) is 0 Å². The van der Waals surface area contributed by atoms with Gasteiger partial charge in [-0.3, -0.25) is 9.59 Å². The molecule has 2 aromatic rings. The molecule has 0 spiro atoms. The highest BCUT2D eigenvalue weighted by atomic mass is 19.4. The number of hydrogen-bond donors (Lipinski definition) is 2. The van der Waals surface area contributed by atoms with Crippen molar-refractivity contribution in [2.75, 3.05) is 13.1 Å². The number of carbonyl (C=O) groups is 2. The topological polar surface area (TPSA) is 63.1 Å². The first kappa shape index (κ1) is 16.9. The van der Waals surface area contributed by atoms with Crippen LogP contribution in [0.1, 0.15) is 5.69 Å². The molecule has 0 aliphatic rings. The second kappa shape index (κ2) is 6.72. The van der Waals surface area contributed by atoms with Gasteiger partial charge in [0.15, 0.2) is 0 Å². The minimum absolute atomic E-state index is 0.00804. The van der Waals surface area contributed by atoms with Gasteiger partial charge >= 0.3 is 6.18 Å². The Bertz CT molecular complexity index is 722. The van der Waals surface area contributed by atoms with Crippen LogP contribution in [0.2, 0.25) is 0 Å². The SMILES string of the molecule is Cc1cc2ccccc2n1CC(=O)NCC(=O)NCC(F)(F)F. The standard InChI is InChI=1S/C15H16F3N3O2/c1-10-6-11-4-2-3-5-12(11)21(10)8-14(23)19-7-13(22)20-9-15(16,17)18/h2-6H,7-9H2,1H3,(H,19,23)(H,20,22). The molecular formula is C15H16F3N3O2. The molecule has 23 heavy (non-hydrogen) atoms. The Morgan fingerprint density at radius 3 is 2.52 bits per heavy atom. The van der Waals surface area contributed by atoms with E-state index in [2.05, 4.69) is 5.32 Å². The van der Waals surface area contributed by atoms with Crippen molar-refractivity contribution in [1.82, 2.24) is 15.2 Å². The van der Waals surface area contributed by atoms with Crippen LogP contribution in [0, 0.1) is 6.92 Å². The number of nitrogens with one attached hydrogen (secondary N) is 2. The quantitative estimate of drug-likeness (QED) is 0.879. The number of halogens is 3. The zero-order chi connectivity index (χ0) is 17.0. The van der Waals surface area contributed by atoms with E-state index in [1.54, 1.807) is 9.88 Å². The van der Waals surface area contributed by atoms with Crippen molar-refractivity contribution in [2.45, 2.75) is 19.6 Å². The smallest absolute Gasteiger partial charge is 0.345 e. The molecule has 2 N–H and O–H groups in total. The van der Waals surface area contributed by atoms with Crippen LogP contribution >= 0.6 is 0 Å². The molecule has 1 aromatic heterocycles. The Balaban J connectivity index is 1.89. The van der Waals surface area contributed by atoms with Crippen molar-refractivity contribution in [3.63, 3.8) is 0 Å². The first-order valence-corrected chi connectivity index (χ1v) is 6.91. The van der Waals surface area contributed by atoms with Gasteiger partial charge in [0.05, 0.1) is 6.54 Å². The van der Waals surface area contributed by atoms with Crippen molar-refractivity contribution in [3.8, 4) is 0 Å². The lowest BCUT2D eigenvalue weighted by Crippen LogP contribution is -2.41. The van der Waals surface area contributed by atoms with E-state index < -0.39 is 31.1 Å². The molecule has 0 saturated carbocycles. The van der Waals surface area contributed by atoms with Gasteiger partial charge in [0.1, 0.15) is 13.1 Å². The number of benzene rings is 1. The fraction of sp³-hybridized carbons (Fsp3) is 0.333. The van der Waals surface area contributed by atoms with E-state index in [4.69, 9.17) is 0 Å². The highest BCUT2D eigenvalue weighted by Gasteiger charge is 2.27. The van der Waals surface area contributed by atoms with E-state index in [1.807, 2.05) is 37.3 Å². The van der Waals surface area contributed by atoms with Crippen molar-refractivity contribution in [3.05, 3.63) is 36.0 Å². The van der Waals surface area contributed by atoms with Gasteiger partial charge in [0, 0.05) is 11.2 Å². The van der Waals surface area contributed by atoms with Crippen molar-refractivity contribution in [1.29, 1.82) is 0 Å². The molecule has 2 amide bonds. The summed E-state index contributed by atoms with van der Waals surface area (Å²) in [6, 6.07) is 9.45. The summed E-state index contributed by atoms with van der Waals surface area (Å²) in [5, 5.41) is 4.99. The molecule has 0 fully saturated rings. The lowest BCUT2D eigenvalue weighted by molar-refractivity contribution is -0.138. The Labute approximate surface area is 130 Å². The van der Waals surface area contributed by atoms with Crippen LogP contribution in [0.15, 0.2) is 30.3 Å². The van der Waals surface area contributed by atoms with Crippen molar-refractivity contribution < 1.29 is 22.8 Å². The number of aryl methyl sites for hydroxylation is 1. The Kier molecular flexibility index (Phi) is 4.92. The van der Waals surface area contributed by atoms with Crippen LogP contribution in [-0.4, -0.2) is 35.6 Å². The monoisotopic (exact) mass is 327 g/mol. The molecule has 0 aliphatic carbocycles. The number of amides is 2. The maximum Gasteiger partial charge on any atom is 0.405 e. The normalized spacial score (nSPS) is 11.5. The number of fused-ring (bicyclic) bond motifs is 1. The molecule has 5 nitrogen and oxygen atoms in total. The fourth-order valence-corrected chi connectivity index (χ4v) is 2.20. The van der Waals surface area contributed by atoms with E-state index >= 15 is 0 Å². The average molecular weight is 327 g/mol. The molecule has 1 heterocycles. The van der Waals surface area contributed by atoms with Gasteiger partial charge in [-0.2, -0.15) is 13.2 Å². The largest absolute Gasteiger partial charge is 0.405 e. The zero-order valence-corrected chi connectivity index (χ0v) is 12.4. The van der Waals surface area contributed by atoms with Crippen LogP contribution in [0.4, 0.5) is 13.2 Å². The van der Waals surface area contributed by atoms with Crippen LogP contribution < -0.4 is 10.6 Å². The molecule has 124 valence electrons. The van der Waals surface area contributed by atoms with Crippen LogP contribution in [0.3, 0.4) is 0 Å². The fourth-order valence-electron chi connectivity index (χ4n) is 2.20. The maximum absolute atomic E-state index is 12.0. The number of aromatic nitrogens is 1. The molecule has 0 unspecified atom stereocenters. The van der Waals surface area contributed by atoms with Gasteiger partial charge in [0.2, 0.25) is 11.8 Å². The number of rotatable bonds is 5. The summed E-state index contributed by atoms with van der Waals surface area (Å²) in [5.41, 5.74) is 1.75. The third kappa shape index (κ3) is 4.73. The summed E-state index contributed by atoms with van der Waals surface area (Å²) in [7, 11) is 0. The minimum Gasteiger partial charge on any atom is -0.345 e. The van der Waals surface area contributed by atoms with E-state index in [-0.39, 0.29) is 6.54 Å². The molecule has 2 rings (SSSR count). The molecular weight excluding hydrogens is 311 g/mol. The number of carbonyl (C=O) groups excluding carboxylic acids is 2. The molecule has 0 bridgehead atoms. The first-order chi connectivity index (χ1) is 10.8. The van der Waals surface area contributed by atoms with Crippen molar-refractivity contribution >= 4 is 22.7 Å². The summed E-state index contributed by atoms with van der Waals surface area (Å²) in [4.78, 5) is 23.1. The number of hydrogen-bond acceptors (Lipinski definition) is 2. The molecule has 0 atom stereocenters. The highest BCUT2D eigenvalue weighted by Crippen LogP contribution is 2.18. The summed E-state index contributed by atoms with van der Waals surface area (Å²) in [5.74, 6) is -1.33. The molecule has 8 heteroatoms. The molecule has 0 radical (unpaired) electrons. The summed E-state index contributed by atoms with van der Waals surface area (Å²) >= 11 is 0. The lowest BCUT2D eigenvalue weighted by atomic mass is 10.2. The Hall–Kier alpha value is -2.51. The number of alkyl halides is 3. The summed E-state index contributed by atoms with van der Waals surface area (Å²) in [6.07, 6.45) is -4.47. The third-order valence-electron chi connectivity index (χ3n) is 3.25. The predicted octanol–water partition coefficient (Wildman–Crippen LogP) is 1.74. The van der Waals surface area contributed by atoms with Crippen LogP contribution in [-0.2, 0) is 16.1 Å².